The van der Waals surface area contributed by atoms with E-state index in [0.717, 1.165) is 12.0 Å². The van der Waals surface area contributed by atoms with Crippen molar-refractivity contribution < 1.29 is 9.31 Å². The topological polar surface area (TPSA) is 30.5 Å². The van der Waals surface area contributed by atoms with Crippen LogP contribution in [0.25, 0.3) is 0 Å². The molecule has 0 aromatic heterocycles. The van der Waals surface area contributed by atoms with Gasteiger partial charge in [-0.2, -0.15) is 0 Å². The highest BCUT2D eigenvalue weighted by atomic mass is 32.2. The van der Waals surface area contributed by atoms with E-state index in [9.17, 15) is 0 Å². The summed E-state index contributed by atoms with van der Waals surface area (Å²) in [5.74, 6) is 0. The minimum atomic E-state index is -0.295. The number of aryl methyl sites for hydroxylation is 1. The van der Waals surface area contributed by atoms with Gasteiger partial charge in [-0.1, -0.05) is 18.6 Å². The largest absolute Gasteiger partial charge is 0.494 e. The molecule has 110 valence electrons. The summed E-state index contributed by atoms with van der Waals surface area (Å²) in [4.78, 5) is 1.19. The third-order valence-corrected chi connectivity index (χ3v) is 4.84. The maximum atomic E-state index is 6.11. The molecule has 0 atom stereocenters. The van der Waals surface area contributed by atoms with Crippen LogP contribution in [-0.2, 0) is 9.31 Å². The summed E-state index contributed by atoms with van der Waals surface area (Å²) in [6.45, 7) is 13.5. The Morgan fingerprint density at radius 2 is 1.70 bits per heavy atom. The van der Waals surface area contributed by atoms with Crippen molar-refractivity contribution in [1.29, 1.82) is 0 Å². The molecule has 20 heavy (non-hydrogen) atoms. The Labute approximate surface area is 127 Å². The van der Waals surface area contributed by atoms with Crippen LogP contribution in [0.4, 0.5) is 0 Å². The average Bonchev–Trinajstić information content (AvgIpc) is 2.55. The van der Waals surface area contributed by atoms with Crippen LogP contribution in [0.15, 0.2) is 23.1 Å². The first-order chi connectivity index (χ1) is 9.25. The van der Waals surface area contributed by atoms with Crippen molar-refractivity contribution in [2.24, 2.45) is 0 Å². The SMILES string of the molecule is CCNSc1cc(C)cc(B2OC(C)(C)C(C)(C)O2)c1. The van der Waals surface area contributed by atoms with E-state index in [-0.39, 0.29) is 18.3 Å². The molecule has 0 amide bonds. The summed E-state index contributed by atoms with van der Waals surface area (Å²) in [5.41, 5.74) is 1.72. The monoisotopic (exact) mass is 293 g/mol. The van der Waals surface area contributed by atoms with Crippen LogP contribution in [0.3, 0.4) is 0 Å². The maximum absolute atomic E-state index is 6.11. The molecule has 0 radical (unpaired) electrons. The minimum Gasteiger partial charge on any atom is -0.399 e. The van der Waals surface area contributed by atoms with Crippen LogP contribution < -0.4 is 10.2 Å². The first-order valence-electron chi connectivity index (χ1n) is 7.12. The van der Waals surface area contributed by atoms with Gasteiger partial charge >= 0.3 is 7.12 Å². The molecule has 0 saturated carbocycles. The van der Waals surface area contributed by atoms with Gasteiger partial charge in [0.1, 0.15) is 0 Å². The lowest BCUT2D eigenvalue weighted by Crippen LogP contribution is -2.41. The van der Waals surface area contributed by atoms with E-state index in [1.54, 1.807) is 11.9 Å². The van der Waals surface area contributed by atoms with Gasteiger partial charge in [0.25, 0.3) is 0 Å². The van der Waals surface area contributed by atoms with E-state index in [2.05, 4.69) is 64.5 Å². The third-order valence-electron chi connectivity index (χ3n) is 3.93. The molecular formula is C15H24BNO2S. The first-order valence-corrected chi connectivity index (χ1v) is 7.94. The summed E-state index contributed by atoms with van der Waals surface area (Å²) in [6.07, 6.45) is 0. The molecule has 1 fully saturated rings. The summed E-state index contributed by atoms with van der Waals surface area (Å²) in [7, 11) is -0.291. The molecule has 0 spiro atoms. The highest BCUT2D eigenvalue weighted by molar-refractivity contribution is 7.97. The number of benzene rings is 1. The van der Waals surface area contributed by atoms with Crippen molar-refractivity contribution in [2.75, 3.05) is 6.54 Å². The van der Waals surface area contributed by atoms with E-state index in [4.69, 9.17) is 9.31 Å². The van der Waals surface area contributed by atoms with Crippen molar-refractivity contribution in [3.05, 3.63) is 23.8 Å². The molecule has 1 N–H and O–H groups in total. The van der Waals surface area contributed by atoms with E-state index in [1.165, 1.54) is 10.5 Å². The van der Waals surface area contributed by atoms with Gasteiger partial charge in [0.05, 0.1) is 11.2 Å². The summed E-state index contributed by atoms with van der Waals surface area (Å²) in [6, 6.07) is 6.45. The molecule has 1 aromatic rings. The normalized spacial score (nSPS) is 20.4. The fourth-order valence-corrected chi connectivity index (χ4v) is 2.86. The van der Waals surface area contributed by atoms with Gasteiger partial charge in [0.2, 0.25) is 0 Å². The van der Waals surface area contributed by atoms with Crippen molar-refractivity contribution >= 4 is 24.5 Å². The Kier molecular flexibility index (Phi) is 4.55. The fourth-order valence-electron chi connectivity index (χ4n) is 2.11. The molecule has 1 aliphatic heterocycles. The summed E-state index contributed by atoms with van der Waals surface area (Å²) < 4.78 is 15.5. The van der Waals surface area contributed by atoms with Crippen LogP contribution in [0.1, 0.15) is 40.2 Å². The first kappa shape index (κ1) is 15.9. The molecule has 1 aliphatic rings. The minimum absolute atomic E-state index is 0.291. The van der Waals surface area contributed by atoms with Gasteiger partial charge in [-0.25, -0.2) is 0 Å². The van der Waals surface area contributed by atoms with Crippen molar-refractivity contribution in [1.82, 2.24) is 4.72 Å². The zero-order valence-electron chi connectivity index (χ0n) is 13.2. The second-order valence-corrected chi connectivity index (χ2v) is 7.23. The van der Waals surface area contributed by atoms with Crippen LogP contribution in [0.5, 0.6) is 0 Å². The zero-order chi connectivity index (χ0) is 15.0. The van der Waals surface area contributed by atoms with Gasteiger partial charge in [-0.05, 0) is 64.2 Å². The van der Waals surface area contributed by atoms with Crippen molar-refractivity contribution in [3.8, 4) is 0 Å². The fraction of sp³-hybridized carbons (Fsp3) is 0.600. The number of hydrogen-bond donors (Lipinski definition) is 1. The summed E-state index contributed by atoms with van der Waals surface area (Å²) in [5, 5.41) is 0. The van der Waals surface area contributed by atoms with Gasteiger partial charge in [0, 0.05) is 11.4 Å². The molecule has 0 aliphatic carbocycles. The quantitative estimate of drug-likeness (QED) is 0.683. The molecule has 3 nitrogen and oxygen atoms in total. The summed E-state index contributed by atoms with van der Waals surface area (Å²) >= 11 is 1.65. The lowest BCUT2D eigenvalue weighted by Gasteiger charge is -2.32. The van der Waals surface area contributed by atoms with Gasteiger partial charge in [0.15, 0.2) is 0 Å². The van der Waals surface area contributed by atoms with Crippen LogP contribution in [0, 0.1) is 6.92 Å². The molecule has 1 heterocycles. The average molecular weight is 293 g/mol. The standard InChI is InChI=1S/C15H24BNO2S/c1-7-17-20-13-9-11(2)8-12(10-13)16-18-14(3,4)15(5,6)19-16/h8-10,17H,7H2,1-6H3. The van der Waals surface area contributed by atoms with E-state index in [0.29, 0.717) is 0 Å². The third kappa shape index (κ3) is 3.22. The Morgan fingerprint density at radius 3 is 2.25 bits per heavy atom. The van der Waals surface area contributed by atoms with E-state index in [1.807, 2.05) is 0 Å². The maximum Gasteiger partial charge on any atom is 0.494 e. The molecule has 0 bridgehead atoms. The Bertz CT molecular complexity index is 475. The highest BCUT2D eigenvalue weighted by Gasteiger charge is 2.51. The van der Waals surface area contributed by atoms with Crippen molar-refractivity contribution in [3.63, 3.8) is 0 Å². The van der Waals surface area contributed by atoms with Gasteiger partial charge < -0.3 is 9.31 Å². The number of hydrogen-bond acceptors (Lipinski definition) is 4. The molecule has 0 unspecified atom stereocenters. The predicted molar refractivity (Wildman–Crippen MR) is 86.4 cm³/mol. The highest BCUT2D eigenvalue weighted by Crippen LogP contribution is 2.36. The van der Waals surface area contributed by atoms with Gasteiger partial charge in [-0.15, -0.1) is 0 Å². The lowest BCUT2D eigenvalue weighted by atomic mass is 9.78. The zero-order valence-corrected chi connectivity index (χ0v) is 14.1. The van der Waals surface area contributed by atoms with Crippen molar-refractivity contribution in [2.45, 2.75) is 57.6 Å². The van der Waals surface area contributed by atoms with Crippen LogP contribution >= 0.6 is 11.9 Å². The molecule has 2 rings (SSSR count). The Balaban J connectivity index is 2.23. The second-order valence-electron chi connectivity index (χ2n) is 6.27. The van der Waals surface area contributed by atoms with Crippen LogP contribution in [0.2, 0.25) is 0 Å². The molecule has 1 aromatic carbocycles. The number of nitrogens with one attached hydrogen (secondary N) is 1. The Hall–Kier alpha value is -0.485. The molecule has 1 saturated heterocycles. The second kappa shape index (κ2) is 5.72. The van der Waals surface area contributed by atoms with E-state index < -0.39 is 0 Å². The molecular weight excluding hydrogens is 269 g/mol. The smallest absolute Gasteiger partial charge is 0.399 e. The Morgan fingerprint density at radius 1 is 1.10 bits per heavy atom. The van der Waals surface area contributed by atoms with Crippen LogP contribution in [-0.4, -0.2) is 24.9 Å². The van der Waals surface area contributed by atoms with E-state index >= 15 is 0 Å². The lowest BCUT2D eigenvalue weighted by molar-refractivity contribution is 0.00578. The number of rotatable bonds is 4. The molecule has 5 heteroatoms. The van der Waals surface area contributed by atoms with Gasteiger partial charge in [-0.3, -0.25) is 4.72 Å². The predicted octanol–water partition coefficient (Wildman–Crippen LogP) is 2.91.